The number of nitrogens with one attached hydrogen (secondary N) is 2. The number of benzene rings is 2. The van der Waals surface area contributed by atoms with Crippen molar-refractivity contribution in [2.75, 3.05) is 104 Å². The van der Waals surface area contributed by atoms with Crippen LogP contribution < -0.4 is 25.3 Å². The Labute approximate surface area is 431 Å². The van der Waals surface area contributed by atoms with E-state index in [1.165, 1.54) is 36.2 Å². The van der Waals surface area contributed by atoms with Gasteiger partial charge >= 0.3 is 0 Å². The van der Waals surface area contributed by atoms with Gasteiger partial charge in [-0.2, -0.15) is 4.98 Å². The zero-order chi connectivity index (χ0) is 52.8. The van der Waals surface area contributed by atoms with Gasteiger partial charge in [-0.3, -0.25) is 24.2 Å². The third-order valence-corrected chi connectivity index (χ3v) is 14.2. The fourth-order valence-electron chi connectivity index (χ4n) is 9.69. The summed E-state index contributed by atoms with van der Waals surface area (Å²) in [4.78, 5) is 76.5. The van der Waals surface area contributed by atoms with Crippen LogP contribution in [0, 0.1) is 0 Å². The fraction of sp³-hybridized carbons (Fsp3) is 0.481. The summed E-state index contributed by atoms with van der Waals surface area (Å²) in [6, 6.07) is 9.87. The minimum Gasteiger partial charge on any atom is -0.444 e. The van der Waals surface area contributed by atoms with Gasteiger partial charge in [-0.05, 0) is 82.1 Å². The van der Waals surface area contributed by atoms with Crippen LogP contribution in [0.5, 0.6) is 0 Å². The van der Waals surface area contributed by atoms with Gasteiger partial charge in [0.15, 0.2) is 17.7 Å². The third kappa shape index (κ3) is 10.8. The van der Waals surface area contributed by atoms with E-state index >= 15 is 4.39 Å². The van der Waals surface area contributed by atoms with E-state index in [2.05, 4.69) is 25.6 Å². The highest BCUT2D eigenvalue weighted by molar-refractivity contribution is 6.08. The Bertz CT molecular complexity index is 2940. The molecule has 0 aliphatic carbocycles. The minimum atomic E-state index is -1.69. The Hall–Kier alpha value is -7.05. The van der Waals surface area contributed by atoms with E-state index in [-0.39, 0.29) is 67.9 Å². The average Bonchev–Trinajstić information content (AvgIpc) is 4.23. The molecular formula is C52H60F2N10O11. The van der Waals surface area contributed by atoms with Crippen LogP contribution in [0.1, 0.15) is 87.4 Å². The summed E-state index contributed by atoms with van der Waals surface area (Å²) in [6.07, 6.45) is 1.37. The van der Waals surface area contributed by atoms with E-state index in [4.69, 9.17) is 27.8 Å². The van der Waals surface area contributed by atoms with Gasteiger partial charge in [0.1, 0.15) is 24.9 Å². The van der Waals surface area contributed by atoms with E-state index < -0.39 is 47.7 Å². The van der Waals surface area contributed by atoms with Crippen molar-refractivity contribution in [3.05, 3.63) is 95.0 Å². The molecular weight excluding hydrogens is 979 g/mol. The summed E-state index contributed by atoms with van der Waals surface area (Å²) in [6.45, 7) is 11.6. The lowest BCUT2D eigenvalue weighted by molar-refractivity contribution is -0.233. The van der Waals surface area contributed by atoms with E-state index in [1.54, 1.807) is 74.5 Å². The quantitative estimate of drug-likeness (QED) is 0.114. The van der Waals surface area contributed by atoms with Gasteiger partial charge in [0.2, 0.25) is 5.89 Å². The van der Waals surface area contributed by atoms with Crippen LogP contribution in [0.4, 0.5) is 37.5 Å². The highest BCUT2D eigenvalue weighted by Gasteiger charge is 2.43. The molecule has 1 unspecified atom stereocenters. The average molecular weight is 1040 g/mol. The van der Waals surface area contributed by atoms with Crippen molar-refractivity contribution in [1.82, 2.24) is 24.8 Å². The molecule has 5 aromatic rings. The predicted octanol–water partition coefficient (Wildman–Crippen LogP) is 5.31. The Balaban J connectivity index is 0.790. The third-order valence-electron chi connectivity index (χ3n) is 14.2. The van der Waals surface area contributed by atoms with Gasteiger partial charge < -0.3 is 68.0 Å². The van der Waals surface area contributed by atoms with Crippen LogP contribution in [-0.2, 0) is 32.0 Å². The number of alkyl halides is 2. The molecule has 3 fully saturated rings. The molecule has 0 bridgehead atoms. The van der Waals surface area contributed by atoms with Crippen molar-refractivity contribution in [2.45, 2.75) is 83.6 Å². The van der Waals surface area contributed by atoms with Gasteiger partial charge in [0.25, 0.3) is 29.6 Å². The maximum atomic E-state index is 16.7. The van der Waals surface area contributed by atoms with E-state index in [0.29, 0.717) is 110 Å². The molecule has 3 saturated heterocycles. The molecule has 4 atom stereocenters. The van der Waals surface area contributed by atoms with Crippen molar-refractivity contribution in [1.29, 1.82) is 0 Å². The lowest BCUT2D eigenvalue weighted by atomic mass is 10.0. The fourth-order valence-corrected chi connectivity index (χ4v) is 9.69. The van der Waals surface area contributed by atoms with Gasteiger partial charge in [-0.1, -0.05) is 0 Å². The van der Waals surface area contributed by atoms with Gasteiger partial charge in [-0.15, -0.1) is 0 Å². The van der Waals surface area contributed by atoms with Crippen LogP contribution in [0.2, 0.25) is 0 Å². The SMILES string of the molecule is C[C@H]1C(OC(C)(C)[C@H](F)CN2Cc3cc(NC(=O)c4coc(-c5ccncc5)n4)c(N4CCOCC4)cc3C2=O)OCCN1c1nc(C(=O)Nc2cc3c(cc2N2CCOCC2)C(=O)N(C[C@@H](F)C(C)(C)O)C3)co1. The largest absolute Gasteiger partial charge is 0.444 e. The van der Waals surface area contributed by atoms with E-state index in [1.807, 2.05) is 9.80 Å². The number of halogens is 2. The highest BCUT2D eigenvalue weighted by atomic mass is 19.1. The Morgan fingerprint density at radius 1 is 0.747 bits per heavy atom. The van der Waals surface area contributed by atoms with Crippen molar-refractivity contribution >= 4 is 52.4 Å². The van der Waals surface area contributed by atoms with Crippen molar-refractivity contribution in [3.8, 4) is 11.5 Å². The number of nitrogens with zero attached hydrogens (tertiary/aromatic N) is 8. The number of carbonyl (C=O) groups is 4. The zero-order valence-corrected chi connectivity index (χ0v) is 42.3. The molecule has 3 aromatic heterocycles. The second kappa shape index (κ2) is 20.9. The first-order chi connectivity index (χ1) is 35.9. The normalized spacial score (nSPS) is 20.1. The van der Waals surface area contributed by atoms with Crippen LogP contribution in [0.3, 0.4) is 0 Å². The highest BCUT2D eigenvalue weighted by Crippen LogP contribution is 2.39. The van der Waals surface area contributed by atoms with E-state index in [0.717, 1.165) is 0 Å². The molecule has 0 saturated carbocycles. The number of fused-ring (bicyclic) bond motifs is 2. The summed E-state index contributed by atoms with van der Waals surface area (Å²) in [5.74, 6) is -1.57. The molecule has 5 aliphatic rings. The van der Waals surface area contributed by atoms with Crippen LogP contribution in [-0.4, -0.2) is 168 Å². The number of carbonyl (C=O) groups excluding carboxylic acids is 4. The van der Waals surface area contributed by atoms with Gasteiger partial charge in [0.05, 0.1) is 86.1 Å². The Morgan fingerprint density at radius 2 is 1.27 bits per heavy atom. The molecule has 8 heterocycles. The van der Waals surface area contributed by atoms with E-state index in [9.17, 15) is 28.7 Å². The number of hydrogen-bond donors (Lipinski definition) is 3. The molecule has 5 aliphatic heterocycles. The first-order valence-corrected chi connectivity index (χ1v) is 25.0. The Morgan fingerprint density at radius 3 is 1.81 bits per heavy atom. The van der Waals surface area contributed by atoms with Crippen LogP contribution >= 0.6 is 0 Å². The number of aromatic nitrogens is 3. The van der Waals surface area contributed by atoms with Crippen molar-refractivity contribution in [3.63, 3.8) is 0 Å². The smallest absolute Gasteiger partial charge is 0.298 e. The molecule has 23 heteroatoms. The summed E-state index contributed by atoms with van der Waals surface area (Å²) in [5, 5.41) is 16.1. The lowest BCUT2D eigenvalue weighted by Crippen LogP contribution is -2.55. The molecule has 3 N–H and O–H groups in total. The predicted molar refractivity (Wildman–Crippen MR) is 268 cm³/mol. The number of oxazole rings is 2. The van der Waals surface area contributed by atoms with Crippen molar-refractivity contribution in [2.24, 2.45) is 0 Å². The zero-order valence-electron chi connectivity index (χ0n) is 42.3. The van der Waals surface area contributed by atoms with Crippen molar-refractivity contribution < 1.29 is 60.8 Å². The Kier molecular flexibility index (Phi) is 14.4. The van der Waals surface area contributed by atoms with Crippen LogP contribution in [0.25, 0.3) is 11.5 Å². The number of aliphatic hydroxyl groups is 1. The maximum absolute atomic E-state index is 16.7. The molecule has 10 rings (SSSR count). The summed E-state index contributed by atoms with van der Waals surface area (Å²) in [7, 11) is 0. The monoisotopic (exact) mass is 1040 g/mol. The molecule has 0 radical (unpaired) electrons. The first-order valence-electron chi connectivity index (χ1n) is 25.0. The summed E-state index contributed by atoms with van der Waals surface area (Å²) in [5.41, 5.74) is 1.64. The number of anilines is 5. The number of amides is 4. The minimum absolute atomic E-state index is 0.0322. The standard InChI is InChI=1S/C52H60F2N10O11/c1-30-49(72-19-14-64(30)50-59-39(29-74-50)45(66)57-37-20-32-24-62(26-42(53)51(2,3)69)47(67)34(32)22-41(37)61-12-17-71-18-13-61)75-52(4,5)43(54)27-63-25-33-21-36(40(23-35(33)48(63)68)60-10-15-70-16-11-60)56-44(65)38-28-73-46(58-38)31-6-8-55-9-7-31/h6-9,20-23,28-30,42-43,49,69H,10-19,24-27H2,1-5H3,(H,56,65)(H,57,66)/t30-,42+,43+,49?/m0/s1. The first kappa shape index (κ1) is 51.4. The maximum Gasteiger partial charge on any atom is 0.298 e. The number of hydrogen-bond acceptors (Lipinski definition) is 17. The van der Waals surface area contributed by atoms with Gasteiger partial charge in [0, 0.05) is 74.9 Å². The number of pyridine rings is 1. The summed E-state index contributed by atoms with van der Waals surface area (Å²) >= 11 is 0. The second-order valence-corrected chi connectivity index (χ2v) is 20.3. The molecule has 21 nitrogen and oxygen atoms in total. The number of morpholine rings is 3. The molecule has 75 heavy (non-hydrogen) atoms. The topological polar surface area (TPSA) is 231 Å². The van der Waals surface area contributed by atoms with Crippen LogP contribution in [0.15, 0.2) is 70.2 Å². The lowest BCUT2D eigenvalue weighted by Gasteiger charge is -2.42. The second-order valence-electron chi connectivity index (χ2n) is 20.3. The molecule has 4 amide bonds. The van der Waals surface area contributed by atoms with Gasteiger partial charge in [-0.25, -0.2) is 13.8 Å². The molecule has 398 valence electrons. The molecule has 0 spiro atoms. The summed E-state index contributed by atoms with van der Waals surface area (Å²) < 4.78 is 66.6. The number of ether oxygens (including phenoxy) is 4. The number of rotatable bonds is 16. The molecule has 2 aromatic carbocycles.